The van der Waals surface area contributed by atoms with E-state index in [9.17, 15) is 9.90 Å². The van der Waals surface area contributed by atoms with E-state index >= 15 is 0 Å². The molecule has 0 saturated carbocycles. The monoisotopic (exact) mass is 614 g/mol. The third-order valence-electron chi connectivity index (χ3n) is 10.6. The van der Waals surface area contributed by atoms with Crippen LogP contribution < -0.4 is 5.56 Å². The number of pyridine rings is 1. The molecule has 0 amide bonds. The molecule has 4 nitrogen and oxygen atoms in total. The number of aromatic nitrogens is 2. The molecule has 224 valence electrons. The van der Waals surface area contributed by atoms with Gasteiger partial charge < -0.3 is 9.67 Å². The van der Waals surface area contributed by atoms with Crippen LogP contribution in [-0.4, -0.2) is 14.1 Å². The summed E-state index contributed by atoms with van der Waals surface area (Å²) in [5.74, 6) is 0. The van der Waals surface area contributed by atoms with Gasteiger partial charge in [0.2, 0.25) is 0 Å². The average Bonchev–Trinajstić information content (AvgIpc) is 3.67. The van der Waals surface area contributed by atoms with Crippen molar-refractivity contribution in [2.45, 2.75) is 6.23 Å². The molecule has 11 rings (SSSR count). The largest absolute Gasteiger partial charge is 0.369 e. The van der Waals surface area contributed by atoms with E-state index in [2.05, 4.69) is 120 Å². The van der Waals surface area contributed by atoms with Gasteiger partial charge in [-0.2, -0.15) is 0 Å². The molecule has 7 aromatic carbocycles. The number of hydrogen-bond acceptors (Lipinski definition) is 2. The Kier molecular flexibility index (Phi) is 4.96. The second-order valence-electron chi connectivity index (χ2n) is 13.0. The molecule has 0 aliphatic carbocycles. The van der Waals surface area contributed by atoms with Crippen molar-refractivity contribution in [2.24, 2.45) is 0 Å². The van der Waals surface area contributed by atoms with Crippen LogP contribution in [0.2, 0.25) is 0 Å². The van der Waals surface area contributed by atoms with Gasteiger partial charge in [0.25, 0.3) is 5.56 Å². The van der Waals surface area contributed by atoms with Gasteiger partial charge >= 0.3 is 0 Å². The molecular weight excluding hydrogens is 588 g/mol. The molecule has 0 fully saturated rings. The van der Waals surface area contributed by atoms with Gasteiger partial charge in [-0.15, -0.1) is 0 Å². The summed E-state index contributed by atoms with van der Waals surface area (Å²) in [5.41, 5.74) is 11.5. The van der Waals surface area contributed by atoms with Gasteiger partial charge in [0.15, 0.2) is 6.23 Å². The number of hydrogen-bond donors (Lipinski definition) is 1. The van der Waals surface area contributed by atoms with Gasteiger partial charge in [-0.05, 0) is 69.6 Å². The fraction of sp³-hybridized carbons (Fsp3) is 0.0227. The highest BCUT2D eigenvalue weighted by Crippen LogP contribution is 2.46. The van der Waals surface area contributed by atoms with Gasteiger partial charge in [0.1, 0.15) is 0 Å². The highest BCUT2D eigenvalue weighted by atomic mass is 16.3. The van der Waals surface area contributed by atoms with Crippen molar-refractivity contribution in [3.63, 3.8) is 0 Å². The van der Waals surface area contributed by atoms with Gasteiger partial charge in [0, 0.05) is 43.4 Å². The highest BCUT2D eigenvalue weighted by molar-refractivity contribution is 6.20. The van der Waals surface area contributed by atoms with Crippen molar-refractivity contribution in [2.75, 3.05) is 0 Å². The zero-order chi connectivity index (χ0) is 31.7. The maximum Gasteiger partial charge on any atom is 0.263 e. The molecule has 0 spiro atoms. The molecule has 0 bridgehead atoms. The maximum absolute atomic E-state index is 13.9. The van der Waals surface area contributed by atoms with Crippen LogP contribution >= 0.6 is 0 Å². The number of nitrogens with zero attached hydrogens (tertiary/aromatic N) is 2. The van der Waals surface area contributed by atoms with Crippen LogP contribution in [0.5, 0.6) is 0 Å². The van der Waals surface area contributed by atoms with Crippen molar-refractivity contribution in [1.82, 2.24) is 8.97 Å². The third-order valence-corrected chi connectivity index (χ3v) is 10.6. The first-order valence-corrected chi connectivity index (χ1v) is 16.3. The smallest absolute Gasteiger partial charge is 0.263 e. The lowest BCUT2D eigenvalue weighted by Gasteiger charge is -2.26. The van der Waals surface area contributed by atoms with E-state index < -0.39 is 6.23 Å². The van der Waals surface area contributed by atoms with Crippen LogP contribution in [0.3, 0.4) is 0 Å². The Morgan fingerprint density at radius 2 is 1.02 bits per heavy atom. The first kappa shape index (κ1) is 25.9. The summed E-state index contributed by atoms with van der Waals surface area (Å²) >= 11 is 0. The van der Waals surface area contributed by atoms with Crippen LogP contribution in [0.25, 0.3) is 93.2 Å². The number of aliphatic hydroxyl groups excluding tert-OH is 1. The fourth-order valence-electron chi connectivity index (χ4n) is 8.44. The number of fused-ring (bicyclic) bond motifs is 10. The van der Waals surface area contributed by atoms with Gasteiger partial charge in [-0.3, -0.25) is 9.20 Å². The Hall–Kier alpha value is -6.23. The van der Waals surface area contributed by atoms with E-state index in [0.717, 1.165) is 98.7 Å². The molecule has 3 aromatic heterocycles. The van der Waals surface area contributed by atoms with E-state index in [4.69, 9.17) is 0 Å². The lowest BCUT2D eigenvalue weighted by molar-refractivity contribution is 0.155. The number of rotatable bonds is 2. The highest BCUT2D eigenvalue weighted by Gasteiger charge is 2.28. The summed E-state index contributed by atoms with van der Waals surface area (Å²) in [6.07, 6.45) is -0.765. The van der Waals surface area contributed by atoms with Crippen molar-refractivity contribution < 1.29 is 5.11 Å². The molecule has 4 heteroatoms. The van der Waals surface area contributed by atoms with Crippen molar-refractivity contribution in [1.29, 1.82) is 0 Å². The van der Waals surface area contributed by atoms with E-state index in [0.29, 0.717) is 0 Å². The third kappa shape index (κ3) is 3.24. The van der Waals surface area contributed by atoms with E-state index in [1.54, 1.807) is 0 Å². The van der Waals surface area contributed by atoms with E-state index in [1.165, 1.54) is 0 Å². The second-order valence-corrected chi connectivity index (χ2v) is 13.0. The Balaban J connectivity index is 1.08. The predicted molar refractivity (Wildman–Crippen MR) is 197 cm³/mol. The minimum atomic E-state index is -0.765. The van der Waals surface area contributed by atoms with Crippen LogP contribution in [0.15, 0.2) is 150 Å². The normalized spacial score (nSPS) is 14.2. The SMILES string of the molecule is O=c1c2ccc(-c3cccc(-c4ccc5c(c4)-c4cccc6c7ccccc7n(c46)C5O)c3)cc2c2cccc3c4ccccc4n1c23. The minimum absolute atomic E-state index is 0.0144. The maximum atomic E-state index is 13.9. The Morgan fingerprint density at radius 1 is 0.438 bits per heavy atom. The number of aliphatic hydroxyl groups is 1. The number of para-hydroxylation sites is 4. The van der Waals surface area contributed by atoms with Gasteiger partial charge in [0.05, 0.1) is 22.1 Å². The minimum Gasteiger partial charge on any atom is -0.369 e. The van der Waals surface area contributed by atoms with Gasteiger partial charge in [-0.1, -0.05) is 109 Å². The van der Waals surface area contributed by atoms with Crippen molar-refractivity contribution in [3.05, 3.63) is 162 Å². The van der Waals surface area contributed by atoms with E-state index in [1.807, 2.05) is 34.7 Å². The molecule has 1 aliphatic rings. The summed E-state index contributed by atoms with van der Waals surface area (Å²) in [4.78, 5) is 13.9. The zero-order valence-electron chi connectivity index (χ0n) is 25.7. The fourth-order valence-corrected chi connectivity index (χ4v) is 8.44. The molecule has 0 radical (unpaired) electrons. The lowest BCUT2D eigenvalue weighted by Crippen LogP contribution is -2.15. The van der Waals surface area contributed by atoms with Crippen LogP contribution in [0.1, 0.15) is 11.8 Å². The first-order chi connectivity index (χ1) is 23.7. The molecule has 1 unspecified atom stereocenters. The van der Waals surface area contributed by atoms with Crippen LogP contribution in [-0.2, 0) is 0 Å². The molecule has 1 N–H and O–H groups in total. The quantitative estimate of drug-likeness (QED) is 0.197. The lowest BCUT2D eigenvalue weighted by atomic mass is 9.90. The summed E-state index contributed by atoms with van der Waals surface area (Å²) in [6.45, 7) is 0. The topological polar surface area (TPSA) is 46.6 Å². The Bertz CT molecular complexity index is 3060. The zero-order valence-corrected chi connectivity index (χ0v) is 25.7. The molecule has 10 aromatic rings. The molecular formula is C44H26N2O2. The average molecular weight is 615 g/mol. The van der Waals surface area contributed by atoms with Crippen LogP contribution in [0.4, 0.5) is 0 Å². The summed E-state index contributed by atoms with van der Waals surface area (Å²) < 4.78 is 3.96. The van der Waals surface area contributed by atoms with E-state index in [-0.39, 0.29) is 5.56 Å². The summed E-state index contributed by atoms with van der Waals surface area (Å²) in [6, 6.07) is 50.4. The summed E-state index contributed by atoms with van der Waals surface area (Å²) in [7, 11) is 0. The molecule has 1 aliphatic heterocycles. The second kappa shape index (κ2) is 9.19. The summed E-state index contributed by atoms with van der Waals surface area (Å²) in [5, 5.41) is 18.9. The molecule has 1 atom stereocenters. The molecule has 0 saturated heterocycles. The Morgan fingerprint density at radius 3 is 1.83 bits per heavy atom. The first-order valence-electron chi connectivity index (χ1n) is 16.3. The number of benzene rings is 7. The van der Waals surface area contributed by atoms with Gasteiger partial charge in [-0.25, -0.2) is 0 Å². The molecule has 4 heterocycles. The Labute approximate surface area is 274 Å². The standard InChI is InChI=1S/C44H26N2O2/c47-43-35-20-18-27(23-37(35)33-14-6-12-31-29-10-1-3-16-39(29)45(43)41(31)33)25-8-5-9-26(22-25)28-19-21-36-38(24-28)34-15-7-13-32-30-11-2-4-17-40(30)46(42(32)34)44(36)48/h1-24,43,47H. The van der Waals surface area contributed by atoms with Crippen LogP contribution in [0, 0.1) is 0 Å². The predicted octanol–water partition coefficient (Wildman–Crippen LogP) is 10.2. The van der Waals surface area contributed by atoms with Crippen molar-refractivity contribution in [3.8, 4) is 33.4 Å². The van der Waals surface area contributed by atoms with Crippen molar-refractivity contribution >= 4 is 59.8 Å². The molecule has 48 heavy (non-hydrogen) atoms.